The first-order chi connectivity index (χ1) is 5.76. The molecule has 0 saturated heterocycles. The molecular formula is C11H20O2. The van der Waals surface area contributed by atoms with E-state index in [1.54, 1.807) is 0 Å². The van der Waals surface area contributed by atoms with E-state index < -0.39 is 11.4 Å². The average Bonchev–Trinajstić information content (AvgIpc) is 2.62. The highest BCUT2D eigenvalue weighted by Gasteiger charge is 2.48. The summed E-state index contributed by atoms with van der Waals surface area (Å²) in [5.41, 5.74) is -0.381. The Kier molecular flexibility index (Phi) is 2.44. The Hall–Kier alpha value is -0.530. The maximum Gasteiger partial charge on any atom is 0.309 e. The van der Waals surface area contributed by atoms with Gasteiger partial charge in [0.05, 0.1) is 5.41 Å². The van der Waals surface area contributed by atoms with Crippen LogP contribution in [0, 0.1) is 16.7 Å². The largest absolute Gasteiger partial charge is 0.481 e. The third-order valence-corrected chi connectivity index (χ3v) is 2.86. The maximum atomic E-state index is 11.2. The van der Waals surface area contributed by atoms with Gasteiger partial charge >= 0.3 is 5.97 Å². The molecule has 1 saturated carbocycles. The fourth-order valence-corrected chi connectivity index (χ4v) is 2.22. The minimum atomic E-state index is -0.620. The van der Waals surface area contributed by atoms with Crippen LogP contribution in [0.5, 0.6) is 0 Å². The van der Waals surface area contributed by atoms with Crippen molar-refractivity contribution in [1.29, 1.82) is 0 Å². The summed E-state index contributed by atoms with van der Waals surface area (Å²) in [5.74, 6) is -0.200. The van der Waals surface area contributed by atoms with Gasteiger partial charge in [-0.3, -0.25) is 4.79 Å². The zero-order valence-corrected chi connectivity index (χ0v) is 9.05. The zero-order valence-electron chi connectivity index (χ0n) is 9.05. The van der Waals surface area contributed by atoms with Gasteiger partial charge in [-0.2, -0.15) is 0 Å². The van der Waals surface area contributed by atoms with Gasteiger partial charge in [0, 0.05) is 0 Å². The quantitative estimate of drug-likeness (QED) is 0.732. The van der Waals surface area contributed by atoms with E-state index in [1.807, 2.05) is 6.92 Å². The van der Waals surface area contributed by atoms with Gasteiger partial charge in [-0.1, -0.05) is 20.8 Å². The number of aliphatic carboxylic acids is 1. The Bertz CT molecular complexity index is 211. The standard InChI is InChI=1S/C11H20O2/c1-10(2,3)7-11(4,9(12)13)8-5-6-8/h8H,5-7H2,1-4H3,(H,12,13). The highest BCUT2D eigenvalue weighted by atomic mass is 16.4. The molecule has 1 rings (SSSR count). The lowest BCUT2D eigenvalue weighted by molar-refractivity contribution is -0.151. The normalized spacial score (nSPS) is 22.5. The minimum Gasteiger partial charge on any atom is -0.481 e. The van der Waals surface area contributed by atoms with Gasteiger partial charge in [-0.05, 0) is 37.5 Å². The topological polar surface area (TPSA) is 37.3 Å². The van der Waals surface area contributed by atoms with Gasteiger partial charge in [0.2, 0.25) is 0 Å². The third kappa shape index (κ3) is 2.45. The molecule has 0 bridgehead atoms. The molecule has 1 aliphatic rings. The van der Waals surface area contributed by atoms with Crippen molar-refractivity contribution in [3.63, 3.8) is 0 Å². The summed E-state index contributed by atoms with van der Waals surface area (Å²) in [4.78, 5) is 11.2. The molecule has 1 aliphatic carbocycles. The van der Waals surface area contributed by atoms with Crippen LogP contribution in [-0.4, -0.2) is 11.1 Å². The van der Waals surface area contributed by atoms with Crippen LogP contribution in [-0.2, 0) is 4.79 Å². The molecule has 1 N–H and O–H groups in total. The van der Waals surface area contributed by atoms with Crippen LogP contribution in [0.4, 0.5) is 0 Å². The fourth-order valence-electron chi connectivity index (χ4n) is 2.22. The van der Waals surface area contributed by atoms with Gasteiger partial charge in [0.15, 0.2) is 0 Å². The molecule has 0 aromatic carbocycles. The van der Waals surface area contributed by atoms with Gasteiger partial charge in [0.25, 0.3) is 0 Å². The van der Waals surface area contributed by atoms with E-state index in [1.165, 1.54) is 0 Å². The molecule has 13 heavy (non-hydrogen) atoms. The van der Waals surface area contributed by atoms with E-state index in [9.17, 15) is 9.90 Å². The Morgan fingerprint density at radius 2 is 1.77 bits per heavy atom. The second kappa shape index (κ2) is 3.00. The summed E-state index contributed by atoms with van der Waals surface area (Å²) in [6.45, 7) is 8.22. The van der Waals surface area contributed by atoms with Crippen molar-refractivity contribution >= 4 is 5.97 Å². The average molecular weight is 184 g/mol. The first-order valence-electron chi connectivity index (χ1n) is 4.99. The molecule has 1 atom stereocenters. The van der Waals surface area contributed by atoms with Crippen LogP contribution >= 0.6 is 0 Å². The summed E-state index contributed by atoms with van der Waals surface area (Å²) in [5, 5.41) is 9.21. The molecule has 1 unspecified atom stereocenters. The van der Waals surface area contributed by atoms with Gasteiger partial charge < -0.3 is 5.11 Å². The van der Waals surface area contributed by atoms with Crippen molar-refractivity contribution in [3.8, 4) is 0 Å². The molecule has 2 heteroatoms. The number of hydrogen-bond acceptors (Lipinski definition) is 1. The Balaban J connectivity index is 2.73. The molecule has 0 amide bonds. The molecule has 76 valence electrons. The Morgan fingerprint density at radius 3 is 2.00 bits per heavy atom. The monoisotopic (exact) mass is 184 g/mol. The fraction of sp³-hybridized carbons (Fsp3) is 0.909. The summed E-state index contributed by atoms with van der Waals surface area (Å²) >= 11 is 0. The van der Waals surface area contributed by atoms with Crippen molar-refractivity contribution in [3.05, 3.63) is 0 Å². The first kappa shape index (κ1) is 10.6. The highest BCUT2D eigenvalue weighted by molar-refractivity contribution is 5.75. The van der Waals surface area contributed by atoms with Crippen molar-refractivity contribution in [1.82, 2.24) is 0 Å². The minimum absolute atomic E-state index is 0.107. The molecule has 0 aromatic heterocycles. The molecule has 0 spiro atoms. The first-order valence-corrected chi connectivity index (χ1v) is 4.99. The lowest BCUT2D eigenvalue weighted by atomic mass is 9.72. The third-order valence-electron chi connectivity index (χ3n) is 2.86. The summed E-state index contributed by atoms with van der Waals surface area (Å²) < 4.78 is 0. The number of carbonyl (C=O) groups is 1. The molecule has 0 aromatic rings. The maximum absolute atomic E-state index is 11.2. The molecule has 0 radical (unpaired) electrons. The second-order valence-corrected chi connectivity index (χ2v) is 5.73. The number of rotatable bonds is 3. The van der Waals surface area contributed by atoms with E-state index in [0.717, 1.165) is 19.3 Å². The van der Waals surface area contributed by atoms with E-state index in [-0.39, 0.29) is 5.41 Å². The molecular weight excluding hydrogens is 164 g/mol. The Labute approximate surface area is 80.3 Å². The Morgan fingerprint density at radius 1 is 1.31 bits per heavy atom. The van der Waals surface area contributed by atoms with E-state index in [0.29, 0.717) is 5.92 Å². The summed E-state index contributed by atoms with van der Waals surface area (Å²) in [7, 11) is 0. The van der Waals surface area contributed by atoms with Crippen LogP contribution in [0.15, 0.2) is 0 Å². The molecule has 0 heterocycles. The van der Waals surface area contributed by atoms with Gasteiger partial charge in [0.1, 0.15) is 0 Å². The second-order valence-electron chi connectivity index (χ2n) is 5.73. The summed E-state index contributed by atoms with van der Waals surface area (Å²) in [6.07, 6.45) is 2.97. The lowest BCUT2D eigenvalue weighted by Crippen LogP contribution is -2.34. The van der Waals surface area contributed by atoms with E-state index >= 15 is 0 Å². The smallest absolute Gasteiger partial charge is 0.309 e. The predicted molar refractivity (Wildman–Crippen MR) is 52.5 cm³/mol. The van der Waals surface area contributed by atoms with Gasteiger partial charge in [-0.25, -0.2) is 0 Å². The van der Waals surface area contributed by atoms with Crippen molar-refractivity contribution < 1.29 is 9.90 Å². The lowest BCUT2D eigenvalue weighted by Gasteiger charge is -2.32. The van der Waals surface area contributed by atoms with Crippen LogP contribution in [0.25, 0.3) is 0 Å². The van der Waals surface area contributed by atoms with E-state index in [2.05, 4.69) is 20.8 Å². The van der Waals surface area contributed by atoms with Crippen LogP contribution in [0.1, 0.15) is 47.0 Å². The molecule has 1 fully saturated rings. The number of carboxylic acids is 1. The summed E-state index contributed by atoms with van der Waals surface area (Å²) in [6, 6.07) is 0. The van der Waals surface area contributed by atoms with Gasteiger partial charge in [-0.15, -0.1) is 0 Å². The highest BCUT2D eigenvalue weighted by Crippen LogP contribution is 2.51. The van der Waals surface area contributed by atoms with E-state index in [4.69, 9.17) is 0 Å². The van der Waals surface area contributed by atoms with Crippen molar-refractivity contribution in [2.75, 3.05) is 0 Å². The number of hydrogen-bond donors (Lipinski definition) is 1. The zero-order chi connectivity index (χ0) is 10.3. The molecule has 0 aliphatic heterocycles. The van der Waals surface area contributed by atoms with Crippen LogP contribution in [0.3, 0.4) is 0 Å². The van der Waals surface area contributed by atoms with Crippen LogP contribution in [0.2, 0.25) is 0 Å². The SMILES string of the molecule is CC(C)(C)CC(C)(C(=O)O)C1CC1. The van der Waals surface area contributed by atoms with Crippen LogP contribution < -0.4 is 0 Å². The number of carboxylic acid groups (broad SMARTS) is 1. The van der Waals surface area contributed by atoms with Crippen molar-refractivity contribution in [2.24, 2.45) is 16.7 Å². The predicted octanol–water partition coefficient (Wildman–Crippen LogP) is 2.92. The molecule has 2 nitrogen and oxygen atoms in total. The van der Waals surface area contributed by atoms with Crippen molar-refractivity contribution in [2.45, 2.75) is 47.0 Å².